The lowest BCUT2D eigenvalue weighted by atomic mass is 9.76. The Kier molecular flexibility index (Phi) is 3.22. The Bertz CT molecular complexity index is 698. The van der Waals surface area contributed by atoms with Crippen molar-refractivity contribution >= 4 is 5.78 Å². The molecule has 0 amide bonds. The van der Waals surface area contributed by atoms with Crippen molar-refractivity contribution in [1.29, 1.82) is 5.26 Å². The van der Waals surface area contributed by atoms with Gasteiger partial charge in [0.05, 0.1) is 5.92 Å². The van der Waals surface area contributed by atoms with Crippen LogP contribution in [0.25, 0.3) is 0 Å². The van der Waals surface area contributed by atoms with Crippen LogP contribution in [0.15, 0.2) is 47.3 Å². The van der Waals surface area contributed by atoms with Gasteiger partial charge in [0.1, 0.15) is 17.4 Å². The van der Waals surface area contributed by atoms with E-state index in [1.165, 1.54) is 0 Å². The van der Waals surface area contributed by atoms with E-state index < -0.39 is 5.92 Å². The summed E-state index contributed by atoms with van der Waals surface area (Å²) in [6, 6.07) is 5.72. The van der Waals surface area contributed by atoms with E-state index in [2.05, 4.69) is 11.1 Å². The van der Waals surface area contributed by atoms with Crippen molar-refractivity contribution in [3.63, 3.8) is 0 Å². The van der Waals surface area contributed by atoms with Gasteiger partial charge in [0.15, 0.2) is 5.78 Å². The van der Waals surface area contributed by atoms with Crippen molar-refractivity contribution in [2.45, 2.75) is 25.7 Å². The zero-order valence-corrected chi connectivity index (χ0v) is 11.7. The van der Waals surface area contributed by atoms with Crippen LogP contribution in [0.3, 0.4) is 0 Å². The third-order valence-corrected chi connectivity index (χ3v) is 3.88. The average Bonchev–Trinajstić information content (AvgIpc) is 2.46. The van der Waals surface area contributed by atoms with Crippen LogP contribution in [-0.4, -0.2) is 10.8 Å². The maximum Gasteiger partial charge on any atom is 0.205 e. The molecule has 0 spiro atoms. The Balaban J connectivity index is 2.17. The minimum Gasteiger partial charge on any atom is -0.444 e. The summed E-state index contributed by atoms with van der Waals surface area (Å²) in [6.07, 6.45) is 4.45. The van der Waals surface area contributed by atoms with E-state index in [0.29, 0.717) is 24.2 Å². The summed E-state index contributed by atoms with van der Waals surface area (Å²) in [6.45, 7) is 2.00. The molecule has 0 saturated carbocycles. The maximum atomic E-state index is 12.5. The molecule has 5 nitrogen and oxygen atoms in total. The van der Waals surface area contributed by atoms with Crippen molar-refractivity contribution < 1.29 is 9.53 Å². The summed E-state index contributed by atoms with van der Waals surface area (Å²) in [4.78, 5) is 16.5. The van der Waals surface area contributed by atoms with Crippen LogP contribution < -0.4 is 5.73 Å². The van der Waals surface area contributed by atoms with Crippen molar-refractivity contribution in [1.82, 2.24) is 4.98 Å². The quantitative estimate of drug-likeness (QED) is 0.851. The van der Waals surface area contributed by atoms with Crippen LogP contribution in [0.4, 0.5) is 0 Å². The highest BCUT2D eigenvalue weighted by Gasteiger charge is 2.39. The first-order chi connectivity index (χ1) is 10.1. The van der Waals surface area contributed by atoms with Gasteiger partial charge in [-0.25, -0.2) is 0 Å². The number of ketones is 1. The molecule has 0 radical (unpaired) electrons. The highest BCUT2D eigenvalue weighted by molar-refractivity contribution is 5.99. The predicted octanol–water partition coefficient (Wildman–Crippen LogP) is 2.14. The van der Waals surface area contributed by atoms with Crippen LogP contribution in [0.5, 0.6) is 0 Å². The Labute approximate surface area is 122 Å². The number of hydrogen-bond acceptors (Lipinski definition) is 5. The van der Waals surface area contributed by atoms with E-state index >= 15 is 0 Å². The highest BCUT2D eigenvalue weighted by atomic mass is 16.5. The van der Waals surface area contributed by atoms with E-state index in [4.69, 9.17) is 10.5 Å². The van der Waals surface area contributed by atoms with Crippen molar-refractivity contribution in [2.24, 2.45) is 11.7 Å². The number of nitrogens with zero attached hydrogens (tertiary/aromatic N) is 2. The number of ether oxygens (including phenoxy) is 1. The largest absolute Gasteiger partial charge is 0.444 e. The van der Waals surface area contributed by atoms with Gasteiger partial charge in [-0.1, -0.05) is 13.0 Å². The minimum atomic E-state index is -0.465. The average molecular weight is 281 g/mol. The third kappa shape index (κ3) is 2.19. The molecule has 1 aliphatic carbocycles. The number of carbonyl (C=O) groups excluding carboxylic acids is 1. The van der Waals surface area contributed by atoms with Gasteiger partial charge in [0.2, 0.25) is 5.88 Å². The van der Waals surface area contributed by atoms with Crippen LogP contribution in [0.2, 0.25) is 0 Å². The van der Waals surface area contributed by atoms with Crippen LogP contribution in [0, 0.1) is 17.2 Å². The van der Waals surface area contributed by atoms with Crippen LogP contribution >= 0.6 is 0 Å². The third-order valence-electron chi connectivity index (χ3n) is 3.88. The topological polar surface area (TPSA) is 89.0 Å². The summed E-state index contributed by atoms with van der Waals surface area (Å²) in [5, 5.41) is 9.40. The Morgan fingerprint density at radius 3 is 2.95 bits per heavy atom. The standard InChI is InChI=1S/C16H15N3O2/c1-9-5-12(20)15-13(6-9)21-16(18)11(7-17)14(15)10-3-2-4-19-8-10/h2-4,8-9,14H,5-6,18H2,1H3/t9-,14-/m0/s1. The number of pyridine rings is 1. The molecule has 21 heavy (non-hydrogen) atoms. The molecule has 1 aromatic rings. The SMILES string of the molecule is C[C@H]1CC(=O)C2=C(C1)OC(N)=C(C#N)[C@@H]2c1cccnc1. The van der Waals surface area contributed by atoms with Gasteiger partial charge in [0, 0.05) is 30.8 Å². The lowest BCUT2D eigenvalue weighted by Gasteiger charge is -2.32. The van der Waals surface area contributed by atoms with Crippen molar-refractivity contribution in [2.75, 3.05) is 0 Å². The highest BCUT2D eigenvalue weighted by Crippen LogP contribution is 2.44. The Hall–Kier alpha value is -2.61. The van der Waals surface area contributed by atoms with Gasteiger partial charge in [-0.2, -0.15) is 5.26 Å². The first kappa shape index (κ1) is 13.4. The number of nitrogens with two attached hydrogens (primary N) is 1. The molecule has 106 valence electrons. The van der Waals surface area contributed by atoms with Gasteiger partial charge in [-0.3, -0.25) is 9.78 Å². The summed E-state index contributed by atoms with van der Waals surface area (Å²) >= 11 is 0. The number of carbonyl (C=O) groups is 1. The Morgan fingerprint density at radius 2 is 2.29 bits per heavy atom. The number of hydrogen-bond donors (Lipinski definition) is 1. The number of allylic oxidation sites excluding steroid dienone is 3. The van der Waals surface area contributed by atoms with E-state index in [1.54, 1.807) is 18.5 Å². The number of Topliss-reactive ketones (excluding diaryl/α,β-unsaturated/α-hetero) is 1. The van der Waals surface area contributed by atoms with E-state index in [9.17, 15) is 10.1 Å². The fourth-order valence-corrected chi connectivity index (χ4v) is 2.97. The lowest BCUT2D eigenvalue weighted by Crippen LogP contribution is -2.29. The minimum absolute atomic E-state index is 0.0258. The molecule has 0 fully saturated rings. The second kappa shape index (κ2) is 5.06. The van der Waals surface area contributed by atoms with Gasteiger partial charge in [-0.15, -0.1) is 0 Å². The zero-order valence-electron chi connectivity index (χ0n) is 11.7. The van der Waals surface area contributed by atoms with E-state index in [-0.39, 0.29) is 23.2 Å². The predicted molar refractivity (Wildman–Crippen MR) is 75.3 cm³/mol. The summed E-state index contributed by atoms with van der Waals surface area (Å²) in [5.41, 5.74) is 7.52. The maximum absolute atomic E-state index is 12.5. The zero-order chi connectivity index (χ0) is 15.0. The fourth-order valence-electron chi connectivity index (χ4n) is 2.97. The van der Waals surface area contributed by atoms with Crippen molar-refractivity contribution in [3.05, 3.63) is 52.9 Å². The van der Waals surface area contributed by atoms with Gasteiger partial charge >= 0.3 is 0 Å². The number of nitriles is 1. The smallest absolute Gasteiger partial charge is 0.205 e. The van der Waals surface area contributed by atoms with Gasteiger partial charge < -0.3 is 10.5 Å². The Morgan fingerprint density at radius 1 is 1.48 bits per heavy atom. The monoisotopic (exact) mass is 281 g/mol. The molecule has 2 N–H and O–H groups in total. The molecule has 3 rings (SSSR count). The molecule has 0 saturated heterocycles. The first-order valence-electron chi connectivity index (χ1n) is 6.85. The fraction of sp³-hybridized carbons (Fsp3) is 0.312. The second-order valence-electron chi connectivity index (χ2n) is 5.48. The van der Waals surface area contributed by atoms with Crippen LogP contribution in [0.1, 0.15) is 31.2 Å². The number of rotatable bonds is 1. The first-order valence-corrected chi connectivity index (χ1v) is 6.85. The van der Waals surface area contributed by atoms with Crippen LogP contribution in [-0.2, 0) is 9.53 Å². The summed E-state index contributed by atoms with van der Waals surface area (Å²) in [7, 11) is 0. The molecule has 2 atom stereocenters. The normalized spacial score (nSPS) is 25.2. The molecule has 0 bridgehead atoms. The van der Waals surface area contributed by atoms with Gasteiger partial charge in [-0.05, 0) is 17.5 Å². The second-order valence-corrected chi connectivity index (χ2v) is 5.48. The summed E-state index contributed by atoms with van der Waals surface area (Å²) < 4.78 is 5.56. The molecule has 0 aromatic carbocycles. The number of aromatic nitrogens is 1. The summed E-state index contributed by atoms with van der Waals surface area (Å²) in [5.74, 6) is 0.476. The molecule has 2 heterocycles. The van der Waals surface area contributed by atoms with Gasteiger partial charge in [0.25, 0.3) is 0 Å². The lowest BCUT2D eigenvalue weighted by molar-refractivity contribution is -0.117. The molecule has 0 unspecified atom stereocenters. The molecule has 1 aliphatic heterocycles. The molecule has 5 heteroatoms. The molecule has 1 aromatic heterocycles. The molecule has 2 aliphatic rings. The van der Waals surface area contributed by atoms with Crippen molar-refractivity contribution in [3.8, 4) is 6.07 Å². The molecular weight excluding hydrogens is 266 g/mol. The van der Waals surface area contributed by atoms with E-state index in [1.807, 2.05) is 13.0 Å². The van der Waals surface area contributed by atoms with E-state index in [0.717, 1.165) is 5.56 Å². The molecular formula is C16H15N3O2.